The Bertz CT molecular complexity index is 309. The molecule has 0 saturated heterocycles. The van der Waals surface area contributed by atoms with E-state index in [1.807, 2.05) is 12.1 Å². The number of methoxy groups -OCH3 is 1. The van der Waals surface area contributed by atoms with Crippen molar-refractivity contribution < 1.29 is 4.74 Å². The number of hydrogen-bond donors (Lipinski definition) is 0. The zero-order chi connectivity index (χ0) is 11.3. The van der Waals surface area contributed by atoms with Crippen LogP contribution >= 0.6 is 0 Å². The van der Waals surface area contributed by atoms with Gasteiger partial charge in [0.1, 0.15) is 5.75 Å². The van der Waals surface area contributed by atoms with Crippen LogP contribution in [0.3, 0.4) is 0 Å². The molecule has 0 aliphatic carbocycles. The Labute approximate surface area is 92.8 Å². The smallest absolute Gasteiger partial charge is 0.118 e. The molecule has 0 bridgehead atoms. The SMILES string of the molecule is C/C=C/C(c1ccc(OC)cc1)C(C)C. The van der Waals surface area contributed by atoms with Crippen molar-refractivity contribution in [3.8, 4) is 5.75 Å². The summed E-state index contributed by atoms with van der Waals surface area (Å²) in [5.74, 6) is 2.04. The van der Waals surface area contributed by atoms with Gasteiger partial charge < -0.3 is 4.74 Å². The summed E-state index contributed by atoms with van der Waals surface area (Å²) in [6.45, 7) is 6.56. The third-order valence-corrected chi connectivity index (χ3v) is 2.62. The molecule has 0 heterocycles. The fourth-order valence-corrected chi connectivity index (χ4v) is 1.75. The Balaban J connectivity index is 2.91. The topological polar surface area (TPSA) is 9.23 Å². The first-order valence-corrected chi connectivity index (χ1v) is 5.45. The van der Waals surface area contributed by atoms with Crippen molar-refractivity contribution in [2.45, 2.75) is 26.7 Å². The summed E-state index contributed by atoms with van der Waals surface area (Å²) in [7, 11) is 1.70. The predicted molar refractivity (Wildman–Crippen MR) is 65.4 cm³/mol. The first-order valence-electron chi connectivity index (χ1n) is 5.45. The molecular weight excluding hydrogens is 184 g/mol. The van der Waals surface area contributed by atoms with E-state index >= 15 is 0 Å². The molecule has 1 aromatic rings. The van der Waals surface area contributed by atoms with Crippen LogP contribution in [0.25, 0.3) is 0 Å². The van der Waals surface area contributed by atoms with E-state index in [2.05, 4.69) is 45.1 Å². The maximum atomic E-state index is 5.15. The third kappa shape index (κ3) is 3.12. The molecule has 1 atom stereocenters. The Morgan fingerprint density at radius 2 is 1.73 bits per heavy atom. The minimum absolute atomic E-state index is 0.501. The van der Waals surface area contributed by atoms with Crippen LogP contribution in [0.4, 0.5) is 0 Å². The van der Waals surface area contributed by atoms with E-state index in [1.165, 1.54) is 5.56 Å². The highest BCUT2D eigenvalue weighted by molar-refractivity contribution is 5.31. The highest BCUT2D eigenvalue weighted by atomic mass is 16.5. The lowest BCUT2D eigenvalue weighted by atomic mass is 9.88. The van der Waals surface area contributed by atoms with Gasteiger partial charge in [0.2, 0.25) is 0 Å². The van der Waals surface area contributed by atoms with E-state index in [1.54, 1.807) is 7.11 Å². The van der Waals surface area contributed by atoms with Crippen LogP contribution in [0.15, 0.2) is 36.4 Å². The summed E-state index contributed by atoms with van der Waals surface area (Å²) < 4.78 is 5.15. The lowest BCUT2D eigenvalue weighted by molar-refractivity contribution is 0.414. The molecule has 1 heteroatoms. The molecule has 1 rings (SSSR count). The fraction of sp³-hybridized carbons (Fsp3) is 0.429. The number of ether oxygens (including phenoxy) is 1. The van der Waals surface area contributed by atoms with E-state index in [0.29, 0.717) is 11.8 Å². The van der Waals surface area contributed by atoms with Gasteiger partial charge >= 0.3 is 0 Å². The Morgan fingerprint density at radius 3 is 2.13 bits per heavy atom. The lowest BCUT2D eigenvalue weighted by Crippen LogP contribution is -2.03. The molecule has 0 saturated carbocycles. The molecular formula is C14H20O. The summed E-state index contributed by atoms with van der Waals surface area (Å²) in [5, 5.41) is 0. The van der Waals surface area contributed by atoms with Gasteiger partial charge in [-0.1, -0.05) is 38.1 Å². The maximum Gasteiger partial charge on any atom is 0.118 e. The average Bonchev–Trinajstić information content (AvgIpc) is 2.26. The lowest BCUT2D eigenvalue weighted by Gasteiger charge is -2.17. The molecule has 0 fully saturated rings. The fourth-order valence-electron chi connectivity index (χ4n) is 1.75. The minimum atomic E-state index is 0.501. The molecule has 0 radical (unpaired) electrons. The molecule has 0 aromatic heterocycles. The van der Waals surface area contributed by atoms with Crippen LogP contribution in [0.5, 0.6) is 5.75 Å². The van der Waals surface area contributed by atoms with E-state index in [9.17, 15) is 0 Å². The van der Waals surface area contributed by atoms with Gasteiger partial charge in [-0.2, -0.15) is 0 Å². The first-order chi connectivity index (χ1) is 7.19. The second-order valence-electron chi connectivity index (χ2n) is 4.07. The number of benzene rings is 1. The minimum Gasteiger partial charge on any atom is -0.497 e. The van der Waals surface area contributed by atoms with Gasteiger partial charge in [0.15, 0.2) is 0 Å². The van der Waals surface area contributed by atoms with Crippen LogP contribution in [-0.2, 0) is 0 Å². The van der Waals surface area contributed by atoms with Crippen molar-refractivity contribution in [1.29, 1.82) is 0 Å². The molecule has 1 nitrogen and oxygen atoms in total. The van der Waals surface area contributed by atoms with Gasteiger partial charge in [-0.15, -0.1) is 0 Å². The van der Waals surface area contributed by atoms with Crippen molar-refractivity contribution in [2.75, 3.05) is 7.11 Å². The quantitative estimate of drug-likeness (QED) is 0.673. The largest absolute Gasteiger partial charge is 0.497 e. The second kappa shape index (κ2) is 5.59. The van der Waals surface area contributed by atoms with Crippen LogP contribution in [0.1, 0.15) is 32.3 Å². The molecule has 0 N–H and O–H groups in total. The summed E-state index contributed by atoms with van der Waals surface area (Å²) >= 11 is 0. The van der Waals surface area contributed by atoms with E-state index < -0.39 is 0 Å². The Morgan fingerprint density at radius 1 is 1.13 bits per heavy atom. The molecule has 1 aromatic carbocycles. The van der Waals surface area contributed by atoms with Gasteiger partial charge in [-0.05, 0) is 30.5 Å². The number of rotatable bonds is 4. The van der Waals surface area contributed by atoms with Gasteiger partial charge in [0.05, 0.1) is 7.11 Å². The average molecular weight is 204 g/mol. The molecule has 1 unspecified atom stereocenters. The standard InChI is InChI=1S/C14H20O/c1-5-6-14(11(2)3)12-7-9-13(15-4)10-8-12/h5-11,14H,1-4H3/b6-5+. The number of allylic oxidation sites excluding steroid dienone is 2. The van der Waals surface area contributed by atoms with Gasteiger partial charge in [-0.25, -0.2) is 0 Å². The van der Waals surface area contributed by atoms with Crippen molar-refractivity contribution in [3.63, 3.8) is 0 Å². The number of hydrogen-bond acceptors (Lipinski definition) is 1. The maximum absolute atomic E-state index is 5.15. The van der Waals surface area contributed by atoms with E-state index in [-0.39, 0.29) is 0 Å². The third-order valence-electron chi connectivity index (χ3n) is 2.62. The molecule has 0 aliphatic rings. The van der Waals surface area contributed by atoms with Crippen LogP contribution in [-0.4, -0.2) is 7.11 Å². The van der Waals surface area contributed by atoms with Crippen molar-refractivity contribution in [2.24, 2.45) is 5.92 Å². The zero-order valence-corrected chi connectivity index (χ0v) is 10.0. The first kappa shape index (κ1) is 11.8. The Hall–Kier alpha value is -1.24. The van der Waals surface area contributed by atoms with Crippen molar-refractivity contribution >= 4 is 0 Å². The van der Waals surface area contributed by atoms with Crippen molar-refractivity contribution in [3.05, 3.63) is 42.0 Å². The van der Waals surface area contributed by atoms with Crippen LogP contribution < -0.4 is 4.74 Å². The summed E-state index contributed by atoms with van der Waals surface area (Å²) in [5.41, 5.74) is 1.35. The monoisotopic (exact) mass is 204 g/mol. The highest BCUT2D eigenvalue weighted by Crippen LogP contribution is 2.27. The predicted octanol–water partition coefficient (Wildman–Crippen LogP) is 4.01. The molecule has 0 amide bonds. The van der Waals surface area contributed by atoms with Crippen molar-refractivity contribution in [1.82, 2.24) is 0 Å². The van der Waals surface area contributed by atoms with E-state index in [0.717, 1.165) is 5.75 Å². The molecule has 82 valence electrons. The summed E-state index contributed by atoms with van der Waals surface area (Å²) in [6, 6.07) is 8.33. The van der Waals surface area contributed by atoms with Gasteiger partial charge in [-0.3, -0.25) is 0 Å². The van der Waals surface area contributed by atoms with Crippen LogP contribution in [0, 0.1) is 5.92 Å². The summed E-state index contributed by atoms with van der Waals surface area (Å²) in [6.07, 6.45) is 4.38. The zero-order valence-electron chi connectivity index (χ0n) is 10.0. The molecule has 15 heavy (non-hydrogen) atoms. The summed E-state index contributed by atoms with van der Waals surface area (Å²) in [4.78, 5) is 0. The molecule has 0 spiro atoms. The van der Waals surface area contributed by atoms with Gasteiger partial charge in [0.25, 0.3) is 0 Å². The van der Waals surface area contributed by atoms with Gasteiger partial charge in [0, 0.05) is 5.92 Å². The second-order valence-corrected chi connectivity index (χ2v) is 4.07. The highest BCUT2D eigenvalue weighted by Gasteiger charge is 2.11. The van der Waals surface area contributed by atoms with Crippen LogP contribution in [0.2, 0.25) is 0 Å². The molecule has 0 aliphatic heterocycles. The van der Waals surface area contributed by atoms with E-state index in [4.69, 9.17) is 4.74 Å². The Kier molecular flexibility index (Phi) is 4.41. The normalized spacial score (nSPS) is 13.4.